The van der Waals surface area contributed by atoms with E-state index in [1.54, 1.807) is 20.1 Å². The van der Waals surface area contributed by atoms with Crippen molar-refractivity contribution >= 4 is 17.9 Å². The molecule has 4 nitrogen and oxygen atoms in total. The van der Waals surface area contributed by atoms with E-state index in [4.69, 9.17) is 4.74 Å². The van der Waals surface area contributed by atoms with E-state index in [-0.39, 0.29) is 5.71 Å². The molecule has 0 radical (unpaired) electrons. The summed E-state index contributed by atoms with van der Waals surface area (Å²) in [7, 11) is 0. The van der Waals surface area contributed by atoms with E-state index in [0.717, 1.165) is 5.56 Å². The lowest BCUT2D eigenvalue weighted by Crippen LogP contribution is -2.13. The fourth-order valence-electron chi connectivity index (χ4n) is 1.43. The van der Waals surface area contributed by atoms with E-state index in [2.05, 4.69) is 36.2 Å². The second kappa shape index (κ2) is 7.46. The minimum Gasteiger partial charge on any atom is -0.461 e. The van der Waals surface area contributed by atoms with Crippen molar-refractivity contribution in [2.24, 2.45) is 10.2 Å². The van der Waals surface area contributed by atoms with Gasteiger partial charge in [0.2, 0.25) is 0 Å². The molecule has 0 amide bonds. The molecule has 0 N–H and O–H groups in total. The predicted octanol–water partition coefficient (Wildman–Crippen LogP) is 3.17. The number of carbonyl (C=O) groups excluding carboxylic acids is 1. The molecule has 0 spiro atoms. The van der Waals surface area contributed by atoms with Gasteiger partial charge in [0.05, 0.1) is 12.8 Å². The molecule has 0 fully saturated rings. The highest BCUT2D eigenvalue weighted by Gasteiger charge is 2.04. The van der Waals surface area contributed by atoms with Gasteiger partial charge >= 0.3 is 5.97 Å². The summed E-state index contributed by atoms with van der Waals surface area (Å²) in [6.45, 7) is 7.97. The molecule has 0 aliphatic heterocycles. The molecule has 19 heavy (non-hydrogen) atoms. The molecule has 0 aliphatic carbocycles. The first kappa shape index (κ1) is 15.1. The lowest BCUT2D eigenvalue weighted by molar-refractivity contribution is -0.135. The second-order valence-corrected chi connectivity index (χ2v) is 4.47. The molecule has 0 unspecified atom stereocenters. The van der Waals surface area contributed by atoms with Crippen molar-refractivity contribution in [3.63, 3.8) is 0 Å². The zero-order valence-electron chi connectivity index (χ0n) is 11.9. The van der Waals surface area contributed by atoms with Gasteiger partial charge < -0.3 is 4.74 Å². The SMILES string of the molecule is CCOC(=O)/C(C)=N/N=C/c1ccc(C(C)C)cc1. The molecule has 0 heterocycles. The van der Waals surface area contributed by atoms with Gasteiger partial charge in [-0.3, -0.25) is 0 Å². The maximum absolute atomic E-state index is 11.3. The van der Waals surface area contributed by atoms with Crippen LogP contribution in [0.2, 0.25) is 0 Å². The van der Waals surface area contributed by atoms with E-state index >= 15 is 0 Å². The largest absolute Gasteiger partial charge is 0.461 e. The van der Waals surface area contributed by atoms with Gasteiger partial charge in [-0.05, 0) is 30.9 Å². The number of nitrogens with zero attached hydrogens (tertiary/aromatic N) is 2. The van der Waals surface area contributed by atoms with Crippen molar-refractivity contribution in [1.29, 1.82) is 0 Å². The van der Waals surface area contributed by atoms with E-state index in [1.807, 2.05) is 12.1 Å². The highest BCUT2D eigenvalue weighted by atomic mass is 16.5. The maximum Gasteiger partial charge on any atom is 0.354 e. The monoisotopic (exact) mass is 260 g/mol. The van der Waals surface area contributed by atoms with Crippen LogP contribution in [-0.4, -0.2) is 24.5 Å². The summed E-state index contributed by atoms with van der Waals surface area (Å²) in [4.78, 5) is 11.3. The van der Waals surface area contributed by atoms with Crippen molar-refractivity contribution < 1.29 is 9.53 Å². The summed E-state index contributed by atoms with van der Waals surface area (Å²) in [5, 5.41) is 7.69. The minimum atomic E-state index is -0.435. The highest BCUT2D eigenvalue weighted by Crippen LogP contribution is 2.13. The Kier molecular flexibility index (Phi) is 5.93. The highest BCUT2D eigenvalue weighted by molar-refractivity contribution is 6.35. The normalized spacial score (nSPS) is 12.2. The summed E-state index contributed by atoms with van der Waals surface area (Å²) in [5.74, 6) is 0.0740. The van der Waals surface area contributed by atoms with Crippen LogP contribution in [0.3, 0.4) is 0 Å². The van der Waals surface area contributed by atoms with Crippen LogP contribution < -0.4 is 0 Å². The third kappa shape index (κ3) is 5.04. The van der Waals surface area contributed by atoms with Crippen LogP contribution in [-0.2, 0) is 9.53 Å². The lowest BCUT2D eigenvalue weighted by atomic mass is 10.0. The maximum atomic E-state index is 11.3. The minimum absolute atomic E-state index is 0.247. The number of ether oxygens (including phenoxy) is 1. The molecule has 0 bridgehead atoms. The Labute approximate surface area is 114 Å². The molecule has 0 aromatic heterocycles. The first-order valence-corrected chi connectivity index (χ1v) is 6.39. The average Bonchev–Trinajstić information content (AvgIpc) is 2.39. The molecule has 1 rings (SSSR count). The van der Waals surface area contributed by atoms with Crippen LogP contribution in [0.4, 0.5) is 0 Å². The number of esters is 1. The third-order valence-corrected chi connectivity index (χ3v) is 2.59. The quantitative estimate of drug-likeness (QED) is 0.464. The molecular formula is C15H20N2O2. The van der Waals surface area contributed by atoms with Gasteiger partial charge in [0.25, 0.3) is 0 Å². The number of benzene rings is 1. The molecule has 0 atom stereocenters. The van der Waals surface area contributed by atoms with Crippen molar-refractivity contribution in [3.05, 3.63) is 35.4 Å². The Balaban J connectivity index is 2.66. The predicted molar refractivity (Wildman–Crippen MR) is 77.9 cm³/mol. The number of rotatable bonds is 5. The van der Waals surface area contributed by atoms with Gasteiger partial charge in [-0.25, -0.2) is 4.79 Å². The molecule has 0 aliphatic rings. The number of hydrogen-bond acceptors (Lipinski definition) is 4. The van der Waals surface area contributed by atoms with Crippen molar-refractivity contribution in [2.45, 2.75) is 33.6 Å². The number of hydrogen-bond donors (Lipinski definition) is 0. The van der Waals surface area contributed by atoms with Gasteiger partial charge in [-0.2, -0.15) is 5.10 Å². The van der Waals surface area contributed by atoms with Gasteiger partial charge in [-0.15, -0.1) is 5.10 Å². The second-order valence-electron chi connectivity index (χ2n) is 4.47. The first-order chi connectivity index (χ1) is 9.04. The molecule has 0 saturated carbocycles. The fourth-order valence-corrected chi connectivity index (χ4v) is 1.43. The smallest absolute Gasteiger partial charge is 0.354 e. The van der Waals surface area contributed by atoms with Gasteiger partial charge in [-0.1, -0.05) is 38.1 Å². The Bertz CT molecular complexity index is 473. The van der Waals surface area contributed by atoms with Crippen molar-refractivity contribution in [3.8, 4) is 0 Å². The lowest BCUT2D eigenvalue weighted by Gasteiger charge is -2.04. The molecule has 1 aromatic rings. The standard InChI is InChI=1S/C15H20N2O2/c1-5-19-15(18)12(4)17-16-10-13-6-8-14(9-7-13)11(2)3/h6-11H,5H2,1-4H3/b16-10+,17-12+. The third-order valence-electron chi connectivity index (χ3n) is 2.59. The molecule has 1 aromatic carbocycles. The molecule has 102 valence electrons. The zero-order chi connectivity index (χ0) is 14.3. The Morgan fingerprint density at radius 3 is 2.47 bits per heavy atom. The van der Waals surface area contributed by atoms with Gasteiger partial charge in [0.1, 0.15) is 5.71 Å². The van der Waals surface area contributed by atoms with E-state index in [1.165, 1.54) is 5.56 Å². The van der Waals surface area contributed by atoms with Crippen LogP contribution >= 0.6 is 0 Å². The van der Waals surface area contributed by atoms with Crippen LogP contribution in [0.25, 0.3) is 0 Å². The Morgan fingerprint density at radius 2 is 1.95 bits per heavy atom. The van der Waals surface area contributed by atoms with Crippen LogP contribution in [0, 0.1) is 0 Å². The van der Waals surface area contributed by atoms with Crippen molar-refractivity contribution in [2.75, 3.05) is 6.61 Å². The zero-order valence-corrected chi connectivity index (χ0v) is 11.9. The topological polar surface area (TPSA) is 51.0 Å². The molecule has 4 heteroatoms. The van der Waals surface area contributed by atoms with E-state index in [0.29, 0.717) is 12.5 Å². The van der Waals surface area contributed by atoms with E-state index in [9.17, 15) is 4.79 Å². The van der Waals surface area contributed by atoms with Gasteiger partial charge in [0.15, 0.2) is 0 Å². The first-order valence-electron chi connectivity index (χ1n) is 6.39. The van der Waals surface area contributed by atoms with Crippen LogP contribution in [0.15, 0.2) is 34.5 Å². The average molecular weight is 260 g/mol. The summed E-state index contributed by atoms with van der Waals surface area (Å²) in [6, 6.07) is 8.09. The fraction of sp³-hybridized carbons (Fsp3) is 0.400. The van der Waals surface area contributed by atoms with Crippen molar-refractivity contribution in [1.82, 2.24) is 0 Å². The Morgan fingerprint density at radius 1 is 1.32 bits per heavy atom. The molecule has 0 saturated heterocycles. The molecular weight excluding hydrogens is 240 g/mol. The summed E-state index contributed by atoms with van der Waals surface area (Å²) >= 11 is 0. The van der Waals surface area contributed by atoms with Crippen LogP contribution in [0.5, 0.6) is 0 Å². The van der Waals surface area contributed by atoms with Crippen LogP contribution in [0.1, 0.15) is 44.7 Å². The summed E-state index contributed by atoms with van der Waals surface area (Å²) in [5.41, 5.74) is 2.48. The van der Waals surface area contributed by atoms with E-state index < -0.39 is 5.97 Å². The van der Waals surface area contributed by atoms with Gasteiger partial charge in [0, 0.05) is 0 Å². The summed E-state index contributed by atoms with van der Waals surface area (Å²) < 4.78 is 4.80. The summed E-state index contributed by atoms with van der Waals surface area (Å²) in [6.07, 6.45) is 1.62. The Hall–Kier alpha value is -1.97. The number of carbonyl (C=O) groups is 1.